The first-order chi connectivity index (χ1) is 9.24. The number of carbonyl (C=O) groups is 2. The molecule has 1 aromatic rings. The molecule has 4 nitrogen and oxygen atoms in total. The van der Waals surface area contributed by atoms with Gasteiger partial charge in [-0.05, 0) is 30.5 Å². The summed E-state index contributed by atoms with van der Waals surface area (Å²) in [5.41, 5.74) is 1.02. The lowest BCUT2D eigenvalue weighted by atomic mass is 10.1. The first kappa shape index (κ1) is 13.6. The third-order valence-corrected chi connectivity index (χ3v) is 3.53. The van der Waals surface area contributed by atoms with Gasteiger partial charge in [0.2, 0.25) is 5.91 Å². The Morgan fingerprint density at radius 1 is 1.32 bits per heavy atom. The number of hydrogen-bond donors (Lipinski definition) is 0. The predicted octanol–water partition coefficient (Wildman–Crippen LogP) is 2.17. The zero-order chi connectivity index (χ0) is 13.7. The quantitative estimate of drug-likeness (QED) is 0.780. The van der Waals surface area contributed by atoms with E-state index in [1.165, 1.54) is 0 Å². The molecule has 1 aromatic carbocycles. The highest BCUT2D eigenvalue weighted by atomic mass is 16.5. The van der Waals surface area contributed by atoms with Crippen molar-refractivity contribution in [3.05, 3.63) is 29.8 Å². The van der Waals surface area contributed by atoms with Gasteiger partial charge in [-0.2, -0.15) is 0 Å². The van der Waals surface area contributed by atoms with Gasteiger partial charge in [-0.25, -0.2) is 0 Å². The molecule has 0 N–H and O–H groups in total. The summed E-state index contributed by atoms with van der Waals surface area (Å²) in [6.07, 6.45) is 4.02. The largest absolute Gasteiger partial charge is 0.497 e. The molecule has 1 unspecified atom stereocenters. The second-order valence-corrected chi connectivity index (χ2v) is 4.82. The van der Waals surface area contributed by atoms with E-state index >= 15 is 0 Å². The number of methoxy groups -OCH3 is 1. The fourth-order valence-corrected chi connectivity index (χ4v) is 2.39. The Morgan fingerprint density at radius 3 is 2.68 bits per heavy atom. The summed E-state index contributed by atoms with van der Waals surface area (Å²) in [6, 6.07) is 7.32. The molecule has 1 aliphatic rings. The van der Waals surface area contributed by atoms with Crippen LogP contribution in [0.25, 0.3) is 0 Å². The lowest BCUT2D eigenvalue weighted by Gasteiger charge is -2.26. The van der Waals surface area contributed by atoms with Crippen molar-refractivity contribution in [1.29, 1.82) is 0 Å². The Balaban J connectivity index is 2.12. The van der Waals surface area contributed by atoms with Gasteiger partial charge in [0.05, 0.1) is 13.2 Å². The number of benzene rings is 1. The van der Waals surface area contributed by atoms with Crippen molar-refractivity contribution < 1.29 is 14.3 Å². The van der Waals surface area contributed by atoms with Crippen LogP contribution in [0.3, 0.4) is 0 Å². The second-order valence-electron chi connectivity index (χ2n) is 4.82. The van der Waals surface area contributed by atoms with Crippen LogP contribution in [0.5, 0.6) is 5.75 Å². The van der Waals surface area contributed by atoms with Crippen molar-refractivity contribution in [3.63, 3.8) is 0 Å². The van der Waals surface area contributed by atoms with Gasteiger partial charge in [-0.15, -0.1) is 0 Å². The summed E-state index contributed by atoms with van der Waals surface area (Å²) in [6.45, 7) is 0.492. The van der Waals surface area contributed by atoms with Gasteiger partial charge in [0, 0.05) is 13.0 Å². The standard InChI is InChI=1S/C15H19NO3/c1-19-14-8-6-12(7-9-14)10-16-13(11-17)4-2-3-5-15(16)18/h6-9,11,13H,2-5,10H2,1H3. The lowest BCUT2D eigenvalue weighted by molar-refractivity contribution is -0.136. The molecule has 4 heteroatoms. The van der Waals surface area contributed by atoms with Crippen LogP contribution in [0.1, 0.15) is 31.2 Å². The second kappa shape index (κ2) is 6.36. The summed E-state index contributed by atoms with van der Waals surface area (Å²) in [7, 11) is 1.62. The average molecular weight is 261 g/mol. The molecule has 0 radical (unpaired) electrons. The maximum absolute atomic E-state index is 12.1. The molecule has 102 valence electrons. The summed E-state index contributed by atoms with van der Waals surface area (Å²) in [5, 5.41) is 0. The monoisotopic (exact) mass is 261 g/mol. The molecule has 0 aliphatic carbocycles. The fourth-order valence-electron chi connectivity index (χ4n) is 2.39. The van der Waals surface area contributed by atoms with E-state index in [9.17, 15) is 9.59 Å². The number of hydrogen-bond acceptors (Lipinski definition) is 3. The Hall–Kier alpha value is -1.84. The fraction of sp³-hybridized carbons (Fsp3) is 0.467. The molecule has 1 amide bonds. The minimum Gasteiger partial charge on any atom is -0.497 e. The summed E-state index contributed by atoms with van der Waals surface area (Å²) < 4.78 is 5.11. The molecule has 0 bridgehead atoms. The van der Waals surface area contributed by atoms with Crippen LogP contribution in [-0.2, 0) is 16.1 Å². The summed E-state index contributed by atoms with van der Waals surface area (Å²) in [5.74, 6) is 0.864. The Morgan fingerprint density at radius 2 is 2.05 bits per heavy atom. The molecule has 0 saturated carbocycles. The highest BCUT2D eigenvalue weighted by Crippen LogP contribution is 2.20. The Kier molecular flexibility index (Phi) is 4.55. The molecule has 1 fully saturated rings. The third kappa shape index (κ3) is 3.34. The molecule has 2 rings (SSSR count). The van der Waals surface area contributed by atoms with Crippen LogP contribution in [0.15, 0.2) is 24.3 Å². The maximum atomic E-state index is 12.1. The normalized spacial score (nSPS) is 19.9. The molecule has 1 saturated heterocycles. The number of carbonyl (C=O) groups excluding carboxylic acids is 2. The van der Waals surface area contributed by atoms with Gasteiger partial charge < -0.3 is 14.4 Å². The minimum atomic E-state index is -0.280. The van der Waals surface area contributed by atoms with Gasteiger partial charge in [0.1, 0.15) is 12.0 Å². The van der Waals surface area contributed by atoms with Gasteiger partial charge in [0.25, 0.3) is 0 Å². The van der Waals surface area contributed by atoms with Crippen molar-refractivity contribution in [2.75, 3.05) is 7.11 Å². The zero-order valence-electron chi connectivity index (χ0n) is 11.2. The van der Waals surface area contributed by atoms with E-state index in [2.05, 4.69) is 0 Å². The number of likely N-dealkylation sites (tertiary alicyclic amines) is 1. The van der Waals surface area contributed by atoms with E-state index in [1.54, 1.807) is 12.0 Å². The first-order valence-corrected chi connectivity index (χ1v) is 6.62. The van der Waals surface area contributed by atoms with E-state index in [0.29, 0.717) is 13.0 Å². The van der Waals surface area contributed by atoms with Crippen LogP contribution in [0.4, 0.5) is 0 Å². The molecule has 19 heavy (non-hydrogen) atoms. The smallest absolute Gasteiger partial charge is 0.223 e. The van der Waals surface area contributed by atoms with Gasteiger partial charge in [-0.1, -0.05) is 18.6 Å². The Labute approximate surface area is 113 Å². The van der Waals surface area contributed by atoms with Crippen molar-refractivity contribution in [2.24, 2.45) is 0 Å². The van der Waals surface area contributed by atoms with E-state index < -0.39 is 0 Å². The zero-order valence-corrected chi connectivity index (χ0v) is 11.2. The third-order valence-electron chi connectivity index (χ3n) is 3.53. The van der Waals surface area contributed by atoms with E-state index in [4.69, 9.17) is 4.74 Å². The van der Waals surface area contributed by atoms with Crippen LogP contribution < -0.4 is 4.74 Å². The highest BCUT2D eigenvalue weighted by molar-refractivity contribution is 5.80. The molecule has 1 atom stereocenters. The highest BCUT2D eigenvalue weighted by Gasteiger charge is 2.25. The molecule has 0 spiro atoms. The maximum Gasteiger partial charge on any atom is 0.223 e. The number of aldehydes is 1. The van der Waals surface area contributed by atoms with Crippen molar-refractivity contribution in [3.8, 4) is 5.75 Å². The topological polar surface area (TPSA) is 46.6 Å². The van der Waals surface area contributed by atoms with Gasteiger partial charge >= 0.3 is 0 Å². The lowest BCUT2D eigenvalue weighted by Crippen LogP contribution is -2.39. The molecule has 1 heterocycles. The van der Waals surface area contributed by atoms with Crippen LogP contribution in [0, 0.1) is 0 Å². The summed E-state index contributed by atoms with van der Waals surface area (Å²) >= 11 is 0. The summed E-state index contributed by atoms with van der Waals surface area (Å²) in [4.78, 5) is 24.9. The van der Waals surface area contributed by atoms with E-state index in [0.717, 1.165) is 36.9 Å². The molecular formula is C15H19NO3. The van der Waals surface area contributed by atoms with Crippen LogP contribution >= 0.6 is 0 Å². The van der Waals surface area contributed by atoms with Crippen LogP contribution in [0.2, 0.25) is 0 Å². The van der Waals surface area contributed by atoms with Crippen LogP contribution in [-0.4, -0.2) is 30.2 Å². The number of rotatable bonds is 4. The minimum absolute atomic E-state index is 0.0745. The first-order valence-electron chi connectivity index (χ1n) is 6.62. The average Bonchev–Trinajstić information content (AvgIpc) is 2.62. The van der Waals surface area contributed by atoms with E-state index in [-0.39, 0.29) is 11.9 Å². The Bertz CT molecular complexity index is 441. The number of nitrogens with zero attached hydrogens (tertiary/aromatic N) is 1. The van der Waals surface area contributed by atoms with Gasteiger partial charge in [-0.3, -0.25) is 4.79 Å². The predicted molar refractivity (Wildman–Crippen MR) is 71.9 cm³/mol. The number of ether oxygens (including phenoxy) is 1. The SMILES string of the molecule is COc1ccc(CN2C(=O)CCCCC2C=O)cc1. The molecule has 1 aliphatic heterocycles. The van der Waals surface area contributed by atoms with E-state index in [1.807, 2.05) is 24.3 Å². The van der Waals surface area contributed by atoms with Crippen molar-refractivity contribution >= 4 is 12.2 Å². The molecule has 0 aromatic heterocycles. The number of amides is 1. The van der Waals surface area contributed by atoms with Crippen molar-refractivity contribution in [2.45, 2.75) is 38.3 Å². The molecular weight excluding hydrogens is 242 g/mol. The van der Waals surface area contributed by atoms with Crippen molar-refractivity contribution in [1.82, 2.24) is 4.90 Å². The van der Waals surface area contributed by atoms with Gasteiger partial charge in [0.15, 0.2) is 0 Å².